The van der Waals surface area contributed by atoms with E-state index in [1.54, 1.807) is 20.8 Å². The second-order valence-corrected chi connectivity index (χ2v) is 8.09. The Labute approximate surface area is 142 Å². The average Bonchev–Trinajstić information content (AvgIpc) is 2.41. The van der Waals surface area contributed by atoms with Crippen molar-refractivity contribution in [2.24, 2.45) is 5.14 Å². The molecular weight excluding hydrogens is 363 g/mol. The van der Waals surface area contributed by atoms with Crippen molar-refractivity contribution < 1.29 is 36.2 Å². The lowest BCUT2D eigenvalue weighted by Crippen LogP contribution is -2.42. The zero-order valence-corrected chi connectivity index (χ0v) is 14.3. The van der Waals surface area contributed by atoms with Crippen LogP contribution in [-0.4, -0.2) is 31.8 Å². The van der Waals surface area contributed by atoms with Crippen LogP contribution in [0.1, 0.15) is 31.9 Å². The number of ether oxygens (including phenoxy) is 1. The van der Waals surface area contributed by atoms with Gasteiger partial charge in [-0.05, 0) is 23.1 Å². The zero-order chi connectivity index (χ0) is 19.4. The number of carbonyl (C=O) groups is 1. The molecule has 6 nitrogen and oxygen atoms in total. The molecule has 0 saturated carbocycles. The Morgan fingerprint density at radius 2 is 1.80 bits per heavy atom. The van der Waals surface area contributed by atoms with Crippen LogP contribution in [0.4, 0.5) is 13.2 Å². The van der Waals surface area contributed by atoms with Crippen LogP contribution in [-0.2, 0) is 20.2 Å². The van der Waals surface area contributed by atoms with Gasteiger partial charge in [0, 0.05) is 5.56 Å². The van der Waals surface area contributed by atoms with Gasteiger partial charge < -0.3 is 9.84 Å². The second kappa shape index (κ2) is 5.73. The SMILES string of the molecule is CC(C)(C)c1ccc2c(c1)C(S(N)(=O)=O)=C(C(=O)O)C(C(F)(F)F)O2. The molecule has 1 unspecified atom stereocenters. The Bertz CT molecular complexity index is 866. The van der Waals surface area contributed by atoms with E-state index in [2.05, 4.69) is 0 Å². The molecular formula is C15H16F3NO5S. The molecule has 3 N–H and O–H groups in total. The lowest BCUT2D eigenvalue weighted by Gasteiger charge is -2.31. The van der Waals surface area contributed by atoms with Crippen LogP contribution in [0.3, 0.4) is 0 Å². The molecule has 0 radical (unpaired) electrons. The summed E-state index contributed by atoms with van der Waals surface area (Å²) in [6, 6.07) is 3.95. The molecule has 0 spiro atoms. The van der Waals surface area contributed by atoms with Gasteiger partial charge in [0.1, 0.15) is 16.2 Å². The second-order valence-electron chi connectivity index (χ2n) is 6.59. The molecule has 1 aromatic carbocycles. The van der Waals surface area contributed by atoms with E-state index in [9.17, 15) is 31.5 Å². The van der Waals surface area contributed by atoms with Crippen molar-refractivity contribution in [1.29, 1.82) is 0 Å². The highest BCUT2D eigenvalue weighted by Crippen LogP contribution is 2.44. The fraction of sp³-hybridized carbons (Fsp3) is 0.400. The number of nitrogens with two attached hydrogens (primary N) is 1. The number of benzene rings is 1. The van der Waals surface area contributed by atoms with Gasteiger partial charge in [-0.2, -0.15) is 13.2 Å². The summed E-state index contributed by atoms with van der Waals surface area (Å²) in [5.74, 6) is -2.47. The summed E-state index contributed by atoms with van der Waals surface area (Å²) in [4.78, 5) is 10.3. The molecule has 1 atom stereocenters. The zero-order valence-electron chi connectivity index (χ0n) is 13.5. The minimum absolute atomic E-state index is 0.298. The summed E-state index contributed by atoms with van der Waals surface area (Å²) in [5.41, 5.74) is -1.64. The number of hydrogen-bond donors (Lipinski definition) is 2. The van der Waals surface area contributed by atoms with E-state index in [-0.39, 0.29) is 5.56 Å². The van der Waals surface area contributed by atoms with Crippen LogP contribution in [0.2, 0.25) is 0 Å². The molecule has 1 aromatic rings. The third kappa shape index (κ3) is 3.64. The topological polar surface area (TPSA) is 107 Å². The predicted octanol–water partition coefficient (Wildman–Crippen LogP) is 2.39. The maximum Gasteiger partial charge on any atom is 0.430 e. The number of carboxylic acid groups (broad SMARTS) is 1. The summed E-state index contributed by atoms with van der Waals surface area (Å²) in [5, 5.41) is 14.2. The van der Waals surface area contributed by atoms with Gasteiger partial charge >= 0.3 is 12.1 Å². The van der Waals surface area contributed by atoms with Crippen LogP contribution in [0.5, 0.6) is 5.75 Å². The Hall–Kier alpha value is -2.07. The van der Waals surface area contributed by atoms with Crippen LogP contribution in [0.25, 0.3) is 4.91 Å². The number of alkyl halides is 3. The molecule has 1 heterocycles. The summed E-state index contributed by atoms with van der Waals surface area (Å²) < 4.78 is 68.3. The minimum atomic E-state index is -5.13. The van der Waals surface area contributed by atoms with Crippen molar-refractivity contribution in [1.82, 2.24) is 0 Å². The molecule has 0 aliphatic carbocycles. The van der Waals surface area contributed by atoms with Gasteiger partial charge in [-0.3, -0.25) is 0 Å². The van der Waals surface area contributed by atoms with Crippen LogP contribution < -0.4 is 9.88 Å². The number of aliphatic carboxylic acids is 1. The molecule has 138 valence electrons. The summed E-state index contributed by atoms with van der Waals surface area (Å²) in [6.45, 7) is 5.40. The van der Waals surface area contributed by atoms with Gasteiger partial charge in [-0.15, -0.1) is 0 Å². The number of hydrogen-bond acceptors (Lipinski definition) is 4. The van der Waals surface area contributed by atoms with Gasteiger partial charge in [-0.25, -0.2) is 18.4 Å². The van der Waals surface area contributed by atoms with Gasteiger partial charge in [0.15, 0.2) is 0 Å². The number of primary sulfonamides is 1. The molecule has 10 heteroatoms. The largest absolute Gasteiger partial charge is 0.478 e. The number of rotatable bonds is 2. The first-order valence-electron chi connectivity index (χ1n) is 7.02. The van der Waals surface area contributed by atoms with Gasteiger partial charge in [0.2, 0.25) is 16.1 Å². The monoisotopic (exact) mass is 379 g/mol. The van der Waals surface area contributed by atoms with Crippen LogP contribution >= 0.6 is 0 Å². The van der Waals surface area contributed by atoms with Crippen molar-refractivity contribution in [3.05, 3.63) is 34.9 Å². The van der Waals surface area contributed by atoms with Crippen molar-refractivity contribution in [2.45, 2.75) is 38.5 Å². The third-order valence-corrected chi connectivity index (χ3v) is 4.66. The average molecular weight is 379 g/mol. The Kier molecular flexibility index (Phi) is 4.42. The molecule has 1 aliphatic rings. The maximum absolute atomic E-state index is 13.2. The van der Waals surface area contributed by atoms with E-state index >= 15 is 0 Å². The molecule has 25 heavy (non-hydrogen) atoms. The van der Waals surface area contributed by atoms with E-state index in [0.717, 1.165) is 0 Å². The van der Waals surface area contributed by atoms with E-state index in [1.807, 2.05) is 0 Å². The van der Waals surface area contributed by atoms with Gasteiger partial charge in [0.05, 0.1) is 0 Å². The molecule has 1 aliphatic heterocycles. The summed E-state index contributed by atoms with van der Waals surface area (Å²) >= 11 is 0. The minimum Gasteiger partial charge on any atom is -0.478 e. The highest BCUT2D eigenvalue weighted by molar-refractivity contribution is 7.98. The van der Waals surface area contributed by atoms with E-state index in [0.29, 0.717) is 5.56 Å². The molecule has 0 fully saturated rings. The van der Waals surface area contributed by atoms with Crippen molar-refractivity contribution >= 4 is 20.9 Å². The molecule has 0 bridgehead atoms. The van der Waals surface area contributed by atoms with E-state index in [1.165, 1.54) is 18.2 Å². The first-order valence-corrected chi connectivity index (χ1v) is 8.57. The van der Waals surface area contributed by atoms with Crippen molar-refractivity contribution in [2.75, 3.05) is 0 Å². The van der Waals surface area contributed by atoms with Gasteiger partial charge in [0.25, 0.3) is 0 Å². The molecule has 0 amide bonds. The first-order chi connectivity index (χ1) is 11.1. The summed E-state index contributed by atoms with van der Waals surface area (Å²) in [7, 11) is -4.77. The van der Waals surface area contributed by atoms with E-state index < -0.39 is 49.9 Å². The van der Waals surface area contributed by atoms with Gasteiger partial charge in [-0.1, -0.05) is 26.8 Å². The Balaban J connectivity index is 2.91. The molecule has 0 aromatic heterocycles. The lowest BCUT2D eigenvalue weighted by atomic mass is 9.85. The van der Waals surface area contributed by atoms with Crippen LogP contribution in [0.15, 0.2) is 23.8 Å². The summed E-state index contributed by atoms with van der Waals surface area (Å²) in [6.07, 6.45) is -8.07. The number of fused-ring (bicyclic) bond motifs is 1. The maximum atomic E-state index is 13.2. The molecule has 2 rings (SSSR count). The Morgan fingerprint density at radius 3 is 2.20 bits per heavy atom. The van der Waals surface area contributed by atoms with Crippen LogP contribution in [0, 0.1) is 0 Å². The first kappa shape index (κ1) is 19.3. The number of carboxylic acids is 1. The smallest absolute Gasteiger partial charge is 0.430 e. The highest BCUT2D eigenvalue weighted by atomic mass is 32.2. The van der Waals surface area contributed by atoms with E-state index in [4.69, 9.17) is 9.88 Å². The predicted molar refractivity (Wildman–Crippen MR) is 83.3 cm³/mol. The fourth-order valence-corrected chi connectivity index (χ4v) is 3.44. The highest BCUT2D eigenvalue weighted by Gasteiger charge is 2.52. The normalized spacial score (nSPS) is 18.6. The Morgan fingerprint density at radius 1 is 1.24 bits per heavy atom. The third-order valence-electron chi connectivity index (χ3n) is 3.65. The molecule has 0 saturated heterocycles. The fourth-order valence-electron chi connectivity index (χ4n) is 2.47. The number of sulfonamides is 1. The van der Waals surface area contributed by atoms with Crippen molar-refractivity contribution in [3.8, 4) is 5.75 Å². The standard InChI is InChI=1S/C15H16F3NO5S/c1-14(2,3)7-4-5-9-8(6-7)11(25(19,22)23)10(13(20)21)12(24-9)15(16,17)18/h4-6,12H,1-3H3,(H,20,21)(H2,19,22,23). The lowest BCUT2D eigenvalue weighted by molar-refractivity contribution is -0.187. The quantitative estimate of drug-likeness (QED) is 0.821. The van der Waals surface area contributed by atoms with Crippen molar-refractivity contribution in [3.63, 3.8) is 0 Å². The number of halogens is 3.